The van der Waals surface area contributed by atoms with Gasteiger partial charge in [0.25, 0.3) is 0 Å². The number of hydrogen-bond donors (Lipinski definition) is 0. The molecule has 0 fully saturated rings. The molecular formula is C18H20ClNO4S. The second-order valence-corrected chi connectivity index (χ2v) is 7.61. The molecule has 0 aliphatic rings. The second kappa shape index (κ2) is 8.47. The first-order valence-electron chi connectivity index (χ1n) is 7.90. The number of halogens is 1. The van der Waals surface area contributed by atoms with Crippen molar-refractivity contribution < 1.29 is 17.9 Å². The summed E-state index contributed by atoms with van der Waals surface area (Å²) in [6, 6.07) is 13.4. The highest BCUT2D eigenvalue weighted by atomic mass is 35.5. The quantitative estimate of drug-likeness (QED) is 0.685. The lowest BCUT2D eigenvalue weighted by Gasteiger charge is -2.19. The van der Waals surface area contributed by atoms with Gasteiger partial charge in [-0.1, -0.05) is 55.8 Å². The van der Waals surface area contributed by atoms with Crippen LogP contribution in [0.2, 0.25) is 5.02 Å². The smallest absolute Gasteiger partial charge is 0.338 e. The zero-order valence-electron chi connectivity index (χ0n) is 14.1. The number of ether oxygens (including phenoxy) is 1. The second-order valence-electron chi connectivity index (χ2n) is 5.30. The first kappa shape index (κ1) is 19.4. The predicted molar refractivity (Wildman–Crippen MR) is 97.1 cm³/mol. The molecule has 0 spiro atoms. The molecule has 5 nitrogen and oxygen atoms in total. The topological polar surface area (TPSA) is 63.7 Å². The van der Waals surface area contributed by atoms with Crippen LogP contribution >= 0.6 is 11.6 Å². The third-order valence-electron chi connectivity index (χ3n) is 3.70. The number of nitrogens with zero attached hydrogens (tertiary/aromatic N) is 1. The maximum absolute atomic E-state index is 12.7. The largest absolute Gasteiger partial charge is 0.457 e. The van der Waals surface area contributed by atoms with Crippen molar-refractivity contribution in [3.8, 4) is 0 Å². The maximum atomic E-state index is 12.7. The predicted octanol–water partition coefficient (Wildman–Crippen LogP) is 3.73. The standard InChI is InChI=1S/C18H20ClNO4S/c1-3-20(4-2)25(22,23)17-12-15(10-11-16(17)19)18(21)24-13-14-8-6-5-7-9-14/h5-12H,3-4,13H2,1-2H3. The van der Waals surface area contributed by atoms with E-state index in [0.717, 1.165) is 5.56 Å². The first-order valence-corrected chi connectivity index (χ1v) is 9.72. The number of esters is 1. The normalized spacial score (nSPS) is 11.5. The van der Waals surface area contributed by atoms with Crippen LogP contribution < -0.4 is 0 Å². The Morgan fingerprint density at radius 2 is 1.72 bits per heavy atom. The molecule has 0 saturated heterocycles. The van der Waals surface area contributed by atoms with E-state index in [4.69, 9.17) is 16.3 Å². The van der Waals surface area contributed by atoms with Gasteiger partial charge in [0.2, 0.25) is 10.0 Å². The van der Waals surface area contributed by atoms with Crippen molar-refractivity contribution >= 4 is 27.6 Å². The van der Waals surface area contributed by atoms with Gasteiger partial charge in [-0.3, -0.25) is 0 Å². The molecule has 0 heterocycles. The molecule has 0 bridgehead atoms. The van der Waals surface area contributed by atoms with Crippen LogP contribution in [0.1, 0.15) is 29.8 Å². The highest BCUT2D eigenvalue weighted by Crippen LogP contribution is 2.26. The molecule has 2 aromatic carbocycles. The zero-order chi connectivity index (χ0) is 18.4. The number of sulfonamides is 1. The van der Waals surface area contributed by atoms with E-state index in [1.807, 2.05) is 30.3 Å². The van der Waals surface area contributed by atoms with Gasteiger partial charge in [-0.2, -0.15) is 4.31 Å². The van der Waals surface area contributed by atoms with Crippen LogP contribution in [0, 0.1) is 0 Å². The lowest BCUT2D eigenvalue weighted by molar-refractivity contribution is 0.0472. The molecule has 0 aliphatic heterocycles. The molecule has 0 N–H and O–H groups in total. The van der Waals surface area contributed by atoms with Gasteiger partial charge in [-0.15, -0.1) is 0 Å². The van der Waals surface area contributed by atoms with Gasteiger partial charge >= 0.3 is 5.97 Å². The number of carbonyl (C=O) groups is 1. The van der Waals surface area contributed by atoms with Crippen molar-refractivity contribution in [3.63, 3.8) is 0 Å². The molecule has 0 atom stereocenters. The summed E-state index contributed by atoms with van der Waals surface area (Å²) in [5.41, 5.74) is 0.992. The fourth-order valence-electron chi connectivity index (χ4n) is 2.34. The summed E-state index contributed by atoms with van der Waals surface area (Å²) in [7, 11) is -3.76. The van der Waals surface area contributed by atoms with E-state index in [2.05, 4.69) is 0 Å². The van der Waals surface area contributed by atoms with Gasteiger partial charge in [-0.05, 0) is 23.8 Å². The highest BCUT2D eigenvalue weighted by Gasteiger charge is 2.25. The van der Waals surface area contributed by atoms with Crippen LogP contribution in [0.4, 0.5) is 0 Å². The van der Waals surface area contributed by atoms with Crippen molar-refractivity contribution in [2.24, 2.45) is 0 Å². The van der Waals surface area contributed by atoms with Gasteiger partial charge in [0, 0.05) is 13.1 Å². The van der Waals surface area contributed by atoms with Gasteiger partial charge in [0.15, 0.2) is 0 Å². The third kappa shape index (κ3) is 4.60. The highest BCUT2D eigenvalue weighted by molar-refractivity contribution is 7.89. The molecule has 2 rings (SSSR count). The van der Waals surface area contributed by atoms with E-state index in [-0.39, 0.29) is 22.1 Å². The lowest BCUT2D eigenvalue weighted by Crippen LogP contribution is -2.31. The van der Waals surface area contributed by atoms with Crippen LogP contribution in [0.15, 0.2) is 53.4 Å². The van der Waals surface area contributed by atoms with Gasteiger partial charge in [-0.25, -0.2) is 13.2 Å². The Labute approximate surface area is 153 Å². The Kier molecular flexibility index (Phi) is 6.58. The van der Waals surface area contributed by atoms with E-state index in [9.17, 15) is 13.2 Å². The van der Waals surface area contributed by atoms with E-state index < -0.39 is 16.0 Å². The lowest BCUT2D eigenvalue weighted by atomic mass is 10.2. The van der Waals surface area contributed by atoms with Crippen molar-refractivity contribution in [1.82, 2.24) is 4.31 Å². The van der Waals surface area contributed by atoms with E-state index in [1.54, 1.807) is 13.8 Å². The molecule has 0 amide bonds. The minimum absolute atomic E-state index is 0.0755. The van der Waals surface area contributed by atoms with Crippen LogP contribution in [0.5, 0.6) is 0 Å². The zero-order valence-corrected chi connectivity index (χ0v) is 15.7. The fraction of sp³-hybridized carbons (Fsp3) is 0.278. The molecule has 2 aromatic rings. The molecule has 0 unspecified atom stereocenters. The average Bonchev–Trinajstić information content (AvgIpc) is 2.61. The molecule has 7 heteroatoms. The van der Waals surface area contributed by atoms with Crippen molar-refractivity contribution in [1.29, 1.82) is 0 Å². The summed E-state index contributed by atoms with van der Waals surface area (Å²) in [4.78, 5) is 12.2. The number of carbonyl (C=O) groups excluding carboxylic acids is 1. The van der Waals surface area contributed by atoms with Gasteiger partial charge < -0.3 is 4.74 Å². The summed E-state index contributed by atoms with van der Waals surface area (Å²) >= 11 is 6.06. The summed E-state index contributed by atoms with van der Waals surface area (Å²) in [5.74, 6) is -0.600. The van der Waals surface area contributed by atoms with E-state index in [0.29, 0.717) is 13.1 Å². The minimum atomic E-state index is -3.76. The maximum Gasteiger partial charge on any atom is 0.338 e. The number of rotatable bonds is 7. The monoisotopic (exact) mass is 381 g/mol. The summed E-state index contributed by atoms with van der Waals surface area (Å²) in [6.45, 7) is 4.23. The Morgan fingerprint density at radius 3 is 2.32 bits per heavy atom. The summed E-state index contributed by atoms with van der Waals surface area (Å²) < 4.78 is 31.8. The van der Waals surface area contributed by atoms with Crippen LogP contribution in [-0.2, 0) is 21.4 Å². The molecule has 0 saturated carbocycles. The Hall–Kier alpha value is -1.89. The van der Waals surface area contributed by atoms with Crippen LogP contribution in [-0.4, -0.2) is 31.8 Å². The molecule has 0 aromatic heterocycles. The first-order chi connectivity index (χ1) is 11.9. The number of hydrogen-bond acceptors (Lipinski definition) is 4. The SMILES string of the molecule is CCN(CC)S(=O)(=O)c1cc(C(=O)OCc2ccccc2)ccc1Cl. The Balaban J connectivity index is 2.24. The molecule has 0 aliphatic carbocycles. The Bertz CT molecular complexity index is 833. The molecule has 0 radical (unpaired) electrons. The van der Waals surface area contributed by atoms with Crippen molar-refractivity contribution in [2.75, 3.05) is 13.1 Å². The fourth-order valence-corrected chi connectivity index (χ4v) is 4.30. The van der Waals surface area contributed by atoms with Crippen molar-refractivity contribution in [3.05, 3.63) is 64.7 Å². The van der Waals surface area contributed by atoms with E-state index >= 15 is 0 Å². The minimum Gasteiger partial charge on any atom is -0.457 e. The summed E-state index contributed by atoms with van der Waals surface area (Å²) in [6.07, 6.45) is 0. The Morgan fingerprint density at radius 1 is 1.08 bits per heavy atom. The van der Waals surface area contributed by atoms with Crippen LogP contribution in [0.3, 0.4) is 0 Å². The average molecular weight is 382 g/mol. The number of benzene rings is 2. The van der Waals surface area contributed by atoms with Crippen molar-refractivity contribution in [2.45, 2.75) is 25.3 Å². The third-order valence-corrected chi connectivity index (χ3v) is 6.23. The molecule has 134 valence electrons. The van der Waals surface area contributed by atoms with Crippen LogP contribution in [0.25, 0.3) is 0 Å². The van der Waals surface area contributed by atoms with Gasteiger partial charge in [0.05, 0.1) is 10.6 Å². The summed E-state index contributed by atoms with van der Waals surface area (Å²) in [5, 5.41) is 0.0755. The molecular weight excluding hydrogens is 362 g/mol. The van der Waals surface area contributed by atoms with Gasteiger partial charge in [0.1, 0.15) is 11.5 Å². The van der Waals surface area contributed by atoms with E-state index in [1.165, 1.54) is 22.5 Å². The molecule has 25 heavy (non-hydrogen) atoms.